The predicted octanol–water partition coefficient (Wildman–Crippen LogP) is -0.623. The zero-order valence-corrected chi connectivity index (χ0v) is 16.4. The number of hydrogen-bond acceptors (Lipinski definition) is 8. The SMILES string of the molecule is C[C@@H]1C[C@H](O)CC(C)(C)[C@H]1CC[C@H](O)CO[C@@H]1O[C@H](CO)[C@H](O)[C@H](O)[C@H]1O. The van der Waals surface area contributed by atoms with Gasteiger partial charge < -0.3 is 40.1 Å². The highest BCUT2D eigenvalue weighted by atomic mass is 16.7. The molecule has 0 spiro atoms. The monoisotopic (exact) mass is 392 g/mol. The zero-order valence-electron chi connectivity index (χ0n) is 16.4. The summed E-state index contributed by atoms with van der Waals surface area (Å²) >= 11 is 0. The molecule has 8 nitrogen and oxygen atoms in total. The van der Waals surface area contributed by atoms with Crippen LogP contribution < -0.4 is 0 Å². The second-order valence-electron chi connectivity index (χ2n) is 8.93. The molecule has 0 amide bonds. The fourth-order valence-electron chi connectivity index (χ4n) is 4.75. The van der Waals surface area contributed by atoms with Gasteiger partial charge in [0.05, 0.1) is 25.4 Å². The van der Waals surface area contributed by atoms with Crippen LogP contribution >= 0.6 is 0 Å². The molecule has 8 heteroatoms. The van der Waals surface area contributed by atoms with Crippen LogP contribution in [0.4, 0.5) is 0 Å². The topological polar surface area (TPSA) is 140 Å². The maximum atomic E-state index is 10.3. The van der Waals surface area contributed by atoms with Gasteiger partial charge in [-0.3, -0.25) is 0 Å². The van der Waals surface area contributed by atoms with Gasteiger partial charge in [0.1, 0.15) is 24.4 Å². The fourth-order valence-corrected chi connectivity index (χ4v) is 4.75. The molecule has 1 aliphatic carbocycles. The third-order valence-electron chi connectivity index (χ3n) is 6.21. The van der Waals surface area contributed by atoms with Crippen LogP contribution in [0, 0.1) is 17.3 Å². The van der Waals surface area contributed by atoms with Gasteiger partial charge in [-0.15, -0.1) is 0 Å². The van der Waals surface area contributed by atoms with Gasteiger partial charge in [-0.25, -0.2) is 0 Å². The maximum Gasteiger partial charge on any atom is 0.186 e. The molecule has 27 heavy (non-hydrogen) atoms. The molecule has 1 heterocycles. The Labute approximate surface area is 160 Å². The van der Waals surface area contributed by atoms with Crippen LogP contribution in [0.25, 0.3) is 0 Å². The Kier molecular flexibility index (Phi) is 8.04. The van der Waals surface area contributed by atoms with Crippen LogP contribution in [0.1, 0.15) is 46.5 Å². The molecule has 0 aromatic carbocycles. The Morgan fingerprint density at radius 1 is 1.11 bits per heavy atom. The predicted molar refractivity (Wildman–Crippen MR) is 96.6 cm³/mol. The third-order valence-corrected chi connectivity index (χ3v) is 6.21. The second-order valence-corrected chi connectivity index (χ2v) is 8.93. The van der Waals surface area contributed by atoms with Crippen LogP contribution in [0.5, 0.6) is 0 Å². The Morgan fingerprint density at radius 3 is 2.37 bits per heavy atom. The van der Waals surface area contributed by atoms with Crippen molar-refractivity contribution < 1.29 is 40.1 Å². The maximum absolute atomic E-state index is 10.3. The first-order valence-electron chi connectivity index (χ1n) is 9.85. The van der Waals surface area contributed by atoms with E-state index in [1.807, 2.05) is 0 Å². The van der Waals surface area contributed by atoms with Gasteiger partial charge in [-0.2, -0.15) is 0 Å². The number of aliphatic hydroxyl groups is 6. The molecular formula is C19H36O8. The molecular weight excluding hydrogens is 356 g/mol. The van der Waals surface area contributed by atoms with Gasteiger partial charge in [0.2, 0.25) is 0 Å². The number of hydrogen-bond donors (Lipinski definition) is 6. The summed E-state index contributed by atoms with van der Waals surface area (Å²) in [5, 5.41) is 58.9. The van der Waals surface area contributed by atoms with E-state index in [1.165, 1.54) is 0 Å². The van der Waals surface area contributed by atoms with Gasteiger partial charge >= 0.3 is 0 Å². The van der Waals surface area contributed by atoms with Crippen molar-refractivity contribution in [2.24, 2.45) is 17.3 Å². The normalized spacial score (nSPS) is 43.4. The molecule has 2 fully saturated rings. The standard InChI is InChI=1S/C19H36O8/c1-10-6-12(22)7-19(2,3)13(10)5-4-11(21)9-26-18-17(25)16(24)15(23)14(8-20)27-18/h10-18,20-25H,4-9H2,1-3H3/t10-,11+,12+,13+,14-,15+,16+,17-,18-/m1/s1. The average molecular weight is 392 g/mol. The van der Waals surface area contributed by atoms with Crippen molar-refractivity contribution in [2.75, 3.05) is 13.2 Å². The average Bonchev–Trinajstić information content (AvgIpc) is 2.57. The number of rotatable bonds is 7. The van der Waals surface area contributed by atoms with Gasteiger partial charge in [-0.05, 0) is 42.9 Å². The second kappa shape index (κ2) is 9.45. The van der Waals surface area contributed by atoms with Crippen molar-refractivity contribution in [3.63, 3.8) is 0 Å². The van der Waals surface area contributed by atoms with Crippen molar-refractivity contribution in [1.82, 2.24) is 0 Å². The van der Waals surface area contributed by atoms with Crippen LogP contribution in [-0.4, -0.2) is 86.8 Å². The molecule has 0 aromatic rings. The van der Waals surface area contributed by atoms with E-state index in [1.54, 1.807) is 0 Å². The van der Waals surface area contributed by atoms with Crippen molar-refractivity contribution in [3.05, 3.63) is 0 Å². The third kappa shape index (κ3) is 5.61. The summed E-state index contributed by atoms with van der Waals surface area (Å²) in [5.74, 6) is 0.741. The molecule has 0 aromatic heterocycles. The fraction of sp³-hybridized carbons (Fsp3) is 1.00. The number of ether oxygens (including phenoxy) is 2. The van der Waals surface area contributed by atoms with E-state index in [-0.39, 0.29) is 18.1 Å². The van der Waals surface area contributed by atoms with Crippen molar-refractivity contribution in [3.8, 4) is 0 Å². The summed E-state index contributed by atoms with van der Waals surface area (Å²) in [6.45, 7) is 5.81. The number of aliphatic hydroxyl groups excluding tert-OH is 6. The summed E-state index contributed by atoms with van der Waals surface area (Å²) in [7, 11) is 0. The van der Waals surface area contributed by atoms with Crippen LogP contribution in [-0.2, 0) is 9.47 Å². The first-order chi connectivity index (χ1) is 12.6. The van der Waals surface area contributed by atoms with Crippen molar-refractivity contribution in [2.45, 2.75) is 89.4 Å². The zero-order chi connectivity index (χ0) is 20.4. The molecule has 0 radical (unpaired) electrons. The van der Waals surface area contributed by atoms with Crippen LogP contribution in [0.3, 0.4) is 0 Å². The minimum Gasteiger partial charge on any atom is -0.394 e. The van der Waals surface area contributed by atoms with Gasteiger partial charge in [0.25, 0.3) is 0 Å². The highest BCUT2D eigenvalue weighted by Crippen LogP contribution is 2.46. The van der Waals surface area contributed by atoms with E-state index in [0.29, 0.717) is 18.3 Å². The lowest BCUT2D eigenvalue weighted by Crippen LogP contribution is -2.59. The highest BCUT2D eigenvalue weighted by molar-refractivity contribution is 4.91. The van der Waals surface area contributed by atoms with E-state index < -0.39 is 43.4 Å². The summed E-state index contributed by atoms with van der Waals surface area (Å²) < 4.78 is 10.7. The molecule has 1 saturated heterocycles. The Balaban J connectivity index is 1.81. The summed E-state index contributed by atoms with van der Waals surface area (Å²) in [5.41, 5.74) is -0.00503. The lowest BCUT2D eigenvalue weighted by atomic mass is 9.61. The molecule has 9 atom stereocenters. The van der Waals surface area contributed by atoms with E-state index in [9.17, 15) is 30.6 Å². The van der Waals surface area contributed by atoms with Gasteiger partial charge in [-0.1, -0.05) is 20.8 Å². The molecule has 0 bridgehead atoms. The molecule has 0 unspecified atom stereocenters. The van der Waals surface area contributed by atoms with Crippen molar-refractivity contribution in [1.29, 1.82) is 0 Å². The molecule has 2 aliphatic rings. The Bertz CT molecular complexity index is 457. The molecule has 2 rings (SSSR count). The molecule has 160 valence electrons. The minimum atomic E-state index is -1.49. The lowest BCUT2D eigenvalue weighted by molar-refractivity contribution is -0.304. The van der Waals surface area contributed by atoms with E-state index in [2.05, 4.69) is 20.8 Å². The highest BCUT2D eigenvalue weighted by Gasteiger charge is 2.44. The van der Waals surface area contributed by atoms with Crippen LogP contribution in [0.2, 0.25) is 0 Å². The summed E-state index contributed by atoms with van der Waals surface area (Å²) in [4.78, 5) is 0. The van der Waals surface area contributed by atoms with E-state index in [0.717, 1.165) is 19.3 Å². The summed E-state index contributed by atoms with van der Waals surface area (Å²) in [6.07, 6.45) is -4.87. The summed E-state index contributed by atoms with van der Waals surface area (Å²) in [6, 6.07) is 0. The lowest BCUT2D eigenvalue weighted by Gasteiger charge is -2.45. The largest absolute Gasteiger partial charge is 0.394 e. The van der Waals surface area contributed by atoms with Gasteiger partial charge in [0, 0.05) is 0 Å². The van der Waals surface area contributed by atoms with Gasteiger partial charge in [0.15, 0.2) is 6.29 Å². The minimum absolute atomic E-state index is 0.00503. The van der Waals surface area contributed by atoms with E-state index >= 15 is 0 Å². The molecule has 1 aliphatic heterocycles. The first-order valence-corrected chi connectivity index (χ1v) is 9.85. The molecule has 6 N–H and O–H groups in total. The smallest absolute Gasteiger partial charge is 0.186 e. The van der Waals surface area contributed by atoms with Crippen LogP contribution in [0.15, 0.2) is 0 Å². The Morgan fingerprint density at radius 2 is 1.78 bits per heavy atom. The van der Waals surface area contributed by atoms with Crippen molar-refractivity contribution >= 4 is 0 Å². The Hall–Kier alpha value is -0.320. The van der Waals surface area contributed by atoms with E-state index in [4.69, 9.17) is 9.47 Å². The molecule has 1 saturated carbocycles. The quantitative estimate of drug-likeness (QED) is 0.337. The first kappa shape index (κ1) is 23.0.